The van der Waals surface area contributed by atoms with Gasteiger partial charge in [-0.15, -0.1) is 0 Å². The van der Waals surface area contributed by atoms with Crippen LogP contribution >= 0.6 is 23.1 Å². The van der Waals surface area contributed by atoms with Crippen LogP contribution in [0, 0.1) is 29.6 Å². The van der Waals surface area contributed by atoms with Crippen LogP contribution in [0.25, 0.3) is 11.1 Å². The van der Waals surface area contributed by atoms with Crippen LogP contribution in [0.2, 0.25) is 0 Å². The van der Waals surface area contributed by atoms with E-state index >= 15 is 0 Å². The minimum atomic E-state index is -0.547. The number of nitrogens with two attached hydrogens (primary N) is 1. The van der Waals surface area contributed by atoms with E-state index in [9.17, 15) is 15.3 Å². The molecule has 0 aliphatic heterocycles. The number of nitrogens with one attached hydrogen (secondary N) is 1. The molecule has 0 radical (unpaired) electrons. The molecule has 146 valence electrons. The maximum absolute atomic E-state index is 12.7. The van der Waals surface area contributed by atoms with Crippen molar-refractivity contribution in [1.82, 2.24) is 10.1 Å². The van der Waals surface area contributed by atoms with Gasteiger partial charge in [0.1, 0.15) is 34.3 Å². The fraction of sp³-hybridized carbons (Fsp3) is 0.211. The molecule has 3 N–H and O–H groups in total. The van der Waals surface area contributed by atoms with E-state index in [1.165, 1.54) is 11.3 Å². The average Bonchev–Trinajstić information content (AvgIpc) is 3.37. The highest BCUT2D eigenvalue weighted by atomic mass is 32.2. The van der Waals surface area contributed by atoms with Gasteiger partial charge in [0.15, 0.2) is 5.82 Å². The van der Waals surface area contributed by atoms with E-state index in [2.05, 4.69) is 21.5 Å². The smallest absolute Gasteiger partial charge is 0.239 e. The number of thiophene rings is 1. The Morgan fingerprint density at radius 2 is 2.17 bits per heavy atom. The number of nitrogens with zero attached hydrogens (tertiary/aromatic N) is 4. The Hall–Kier alpha value is -3.34. The number of nitrogen functional groups attached to an aromatic ring is 1. The third-order valence-electron chi connectivity index (χ3n) is 4.02. The Morgan fingerprint density at radius 1 is 1.41 bits per heavy atom. The normalized spacial score (nSPS) is 11.4. The molecular weight excluding hydrogens is 408 g/mol. The molecule has 0 aromatic carbocycles. The highest BCUT2D eigenvalue weighted by molar-refractivity contribution is 8.00. The van der Waals surface area contributed by atoms with Gasteiger partial charge < -0.3 is 15.6 Å². The number of amides is 1. The van der Waals surface area contributed by atoms with Crippen molar-refractivity contribution in [3.05, 3.63) is 39.8 Å². The Balaban J connectivity index is 1.98. The first kappa shape index (κ1) is 20.4. The quantitative estimate of drug-likeness (QED) is 0.567. The van der Waals surface area contributed by atoms with Gasteiger partial charge in [-0.3, -0.25) is 4.79 Å². The molecule has 8 nitrogen and oxygen atoms in total. The zero-order chi connectivity index (χ0) is 21.0. The highest BCUT2D eigenvalue weighted by Gasteiger charge is 2.26. The summed E-state index contributed by atoms with van der Waals surface area (Å²) in [4.78, 5) is 16.9. The third kappa shape index (κ3) is 4.24. The molecule has 0 aliphatic rings. The number of pyridine rings is 1. The van der Waals surface area contributed by atoms with Crippen molar-refractivity contribution in [1.29, 1.82) is 10.5 Å². The second-order valence-corrected chi connectivity index (χ2v) is 7.96. The van der Waals surface area contributed by atoms with Gasteiger partial charge in [-0.2, -0.15) is 21.9 Å². The van der Waals surface area contributed by atoms with Crippen LogP contribution in [0.1, 0.15) is 30.2 Å². The van der Waals surface area contributed by atoms with E-state index in [1.807, 2.05) is 29.8 Å². The number of aryl methyl sites for hydroxylation is 1. The van der Waals surface area contributed by atoms with E-state index in [1.54, 1.807) is 13.0 Å². The molecule has 0 bridgehead atoms. The molecule has 1 atom stereocenters. The predicted molar refractivity (Wildman–Crippen MR) is 111 cm³/mol. The molecule has 3 heterocycles. The van der Waals surface area contributed by atoms with Crippen LogP contribution in [0.15, 0.2) is 32.4 Å². The predicted octanol–water partition coefficient (Wildman–Crippen LogP) is 3.94. The number of rotatable bonds is 6. The van der Waals surface area contributed by atoms with Gasteiger partial charge in [-0.05, 0) is 35.7 Å². The Kier molecular flexibility index (Phi) is 6.17. The first-order valence-corrected chi connectivity index (χ1v) is 10.4. The molecule has 10 heteroatoms. The first-order valence-electron chi connectivity index (χ1n) is 8.55. The molecular formula is C19H16N6O2S2. The summed E-state index contributed by atoms with van der Waals surface area (Å²) in [5.41, 5.74) is 7.54. The summed E-state index contributed by atoms with van der Waals surface area (Å²) >= 11 is 2.57. The van der Waals surface area contributed by atoms with Gasteiger partial charge in [-0.1, -0.05) is 23.8 Å². The van der Waals surface area contributed by atoms with Crippen molar-refractivity contribution < 1.29 is 9.32 Å². The van der Waals surface area contributed by atoms with E-state index in [-0.39, 0.29) is 22.9 Å². The van der Waals surface area contributed by atoms with Crippen LogP contribution < -0.4 is 11.1 Å². The average molecular weight is 425 g/mol. The maximum Gasteiger partial charge on any atom is 0.239 e. The van der Waals surface area contributed by atoms with Crippen LogP contribution in [0.4, 0.5) is 11.6 Å². The van der Waals surface area contributed by atoms with Gasteiger partial charge in [0.25, 0.3) is 0 Å². The lowest BCUT2D eigenvalue weighted by molar-refractivity contribution is -0.115. The summed E-state index contributed by atoms with van der Waals surface area (Å²) in [6, 6.07) is 7.60. The Morgan fingerprint density at radius 3 is 2.72 bits per heavy atom. The first-order chi connectivity index (χ1) is 14.0. The number of carbonyl (C=O) groups is 1. The molecule has 0 saturated heterocycles. The number of hydrogen-bond donors (Lipinski definition) is 2. The molecule has 3 aromatic rings. The lowest BCUT2D eigenvalue weighted by Gasteiger charge is -2.16. The van der Waals surface area contributed by atoms with Gasteiger partial charge >= 0.3 is 0 Å². The van der Waals surface area contributed by atoms with Crippen molar-refractivity contribution >= 4 is 40.6 Å². The molecule has 0 spiro atoms. The molecule has 29 heavy (non-hydrogen) atoms. The summed E-state index contributed by atoms with van der Waals surface area (Å²) in [6.45, 7) is 3.58. The van der Waals surface area contributed by atoms with Gasteiger partial charge in [0.2, 0.25) is 5.91 Å². The van der Waals surface area contributed by atoms with Crippen molar-refractivity contribution in [2.24, 2.45) is 0 Å². The number of anilines is 2. The van der Waals surface area contributed by atoms with Gasteiger partial charge in [-0.25, -0.2) is 4.98 Å². The minimum absolute atomic E-state index is 0.0255. The summed E-state index contributed by atoms with van der Waals surface area (Å²) in [6.07, 6.45) is 0.480. The maximum atomic E-state index is 12.7. The number of thioether (sulfide) groups is 1. The molecule has 0 fully saturated rings. The zero-order valence-corrected chi connectivity index (χ0v) is 17.2. The zero-order valence-electron chi connectivity index (χ0n) is 15.6. The van der Waals surface area contributed by atoms with Gasteiger partial charge in [0.05, 0.1) is 10.8 Å². The summed E-state index contributed by atoms with van der Waals surface area (Å²) in [5, 5.41) is 29.2. The second kappa shape index (κ2) is 8.78. The van der Waals surface area contributed by atoms with E-state index < -0.39 is 5.25 Å². The lowest BCUT2D eigenvalue weighted by Crippen LogP contribution is -2.25. The van der Waals surface area contributed by atoms with Crippen LogP contribution in [-0.4, -0.2) is 21.3 Å². The largest absolute Gasteiger partial charge is 0.383 e. The van der Waals surface area contributed by atoms with Crippen LogP contribution in [-0.2, 0) is 4.79 Å². The Bertz CT molecular complexity index is 1130. The highest BCUT2D eigenvalue weighted by Crippen LogP contribution is 2.38. The molecule has 3 rings (SSSR count). The fourth-order valence-corrected chi connectivity index (χ4v) is 4.33. The molecule has 3 aromatic heterocycles. The number of hydrogen-bond acceptors (Lipinski definition) is 9. The van der Waals surface area contributed by atoms with E-state index in [4.69, 9.17) is 10.3 Å². The van der Waals surface area contributed by atoms with Crippen LogP contribution in [0.5, 0.6) is 0 Å². The van der Waals surface area contributed by atoms with Crippen molar-refractivity contribution in [3.8, 4) is 23.3 Å². The van der Waals surface area contributed by atoms with Crippen molar-refractivity contribution in [3.63, 3.8) is 0 Å². The number of carbonyl (C=O) groups excluding carboxylic acids is 1. The van der Waals surface area contributed by atoms with Crippen LogP contribution in [0.3, 0.4) is 0 Å². The second-order valence-electron chi connectivity index (χ2n) is 5.99. The fourth-order valence-electron chi connectivity index (χ4n) is 2.67. The number of nitriles is 2. The SMILES string of the molecule is CCC(Sc1nc(N)c(C#N)c(-c2ccsc2)c1C#N)C(=O)Nc1cc(C)on1. The summed E-state index contributed by atoms with van der Waals surface area (Å²) in [7, 11) is 0. The summed E-state index contributed by atoms with van der Waals surface area (Å²) < 4.78 is 4.96. The van der Waals surface area contributed by atoms with Gasteiger partial charge in [0, 0.05) is 11.6 Å². The molecule has 1 amide bonds. The lowest BCUT2D eigenvalue weighted by atomic mass is 9.99. The van der Waals surface area contributed by atoms with E-state index in [0.717, 1.165) is 17.3 Å². The monoisotopic (exact) mass is 424 g/mol. The minimum Gasteiger partial charge on any atom is -0.383 e. The molecule has 1 unspecified atom stereocenters. The third-order valence-corrected chi connectivity index (χ3v) is 6.06. The van der Waals surface area contributed by atoms with E-state index in [0.29, 0.717) is 28.6 Å². The number of aromatic nitrogens is 2. The molecule has 0 saturated carbocycles. The molecule has 0 aliphatic carbocycles. The van der Waals surface area contributed by atoms with Crippen molar-refractivity contribution in [2.75, 3.05) is 11.1 Å². The topological polar surface area (TPSA) is 142 Å². The standard InChI is InChI=1S/C19H16N6O2S2/c1-3-14(18(26)23-15-6-10(2)27-25-15)29-19-13(8-21)16(11-4-5-28-9-11)12(7-20)17(22)24-19/h4-6,9,14H,3H2,1-2H3,(H2,22,24)(H,23,25,26). The van der Waals surface area contributed by atoms with Crippen molar-refractivity contribution in [2.45, 2.75) is 30.5 Å². The Labute approximate surface area is 175 Å². The summed E-state index contributed by atoms with van der Waals surface area (Å²) in [5.74, 6) is 0.627.